The summed E-state index contributed by atoms with van der Waals surface area (Å²) in [6.45, 7) is 3.40. The van der Waals surface area contributed by atoms with E-state index >= 15 is 0 Å². The number of nitrogens with zero attached hydrogens (tertiary/aromatic N) is 3. The number of hydrogen-bond donors (Lipinski definition) is 1. The van der Waals surface area contributed by atoms with Gasteiger partial charge in [-0.05, 0) is 53.5 Å². The maximum Gasteiger partial charge on any atom is 0.416 e. The Morgan fingerprint density at radius 2 is 1.87 bits per heavy atom. The summed E-state index contributed by atoms with van der Waals surface area (Å²) in [6, 6.07) is 5.13. The zero-order valence-electron chi connectivity index (χ0n) is 20.3. The summed E-state index contributed by atoms with van der Waals surface area (Å²) in [5.74, 6) is -0.398. The van der Waals surface area contributed by atoms with Gasteiger partial charge in [0.05, 0.1) is 40.0 Å². The van der Waals surface area contributed by atoms with Crippen LogP contribution in [-0.4, -0.2) is 45.1 Å². The number of aromatic hydroxyl groups is 1. The number of aryl methyl sites for hydroxylation is 2. The summed E-state index contributed by atoms with van der Waals surface area (Å²) in [4.78, 5) is 17.1. The molecule has 0 aliphatic rings. The highest BCUT2D eigenvalue weighted by molar-refractivity contribution is 9.10. The molecule has 38 heavy (non-hydrogen) atoms. The van der Waals surface area contributed by atoms with Crippen LogP contribution in [0.2, 0.25) is 0 Å². The summed E-state index contributed by atoms with van der Waals surface area (Å²) in [6.07, 6.45) is -1.36. The molecule has 0 spiro atoms. The van der Waals surface area contributed by atoms with E-state index in [1.54, 1.807) is 30.8 Å². The predicted molar refractivity (Wildman–Crippen MR) is 138 cm³/mol. The van der Waals surface area contributed by atoms with Crippen LogP contribution in [0.3, 0.4) is 0 Å². The van der Waals surface area contributed by atoms with Crippen LogP contribution in [0.25, 0.3) is 10.9 Å². The van der Waals surface area contributed by atoms with Crippen LogP contribution >= 0.6 is 15.9 Å². The molecule has 0 radical (unpaired) electrons. The molecule has 4 rings (SSSR count). The number of ether oxygens (including phenoxy) is 1. The lowest BCUT2D eigenvalue weighted by molar-refractivity contribution is -0.137. The normalized spacial score (nSPS) is 11.7. The first-order valence-electron chi connectivity index (χ1n) is 11.2. The minimum Gasteiger partial charge on any atom is -0.506 e. The van der Waals surface area contributed by atoms with Crippen molar-refractivity contribution in [1.82, 2.24) is 14.1 Å². The van der Waals surface area contributed by atoms with Gasteiger partial charge in [0.25, 0.3) is 0 Å². The number of alkyl halides is 3. The van der Waals surface area contributed by atoms with Gasteiger partial charge in [0.1, 0.15) is 16.4 Å². The van der Waals surface area contributed by atoms with E-state index in [0.717, 1.165) is 24.3 Å². The van der Waals surface area contributed by atoms with E-state index in [4.69, 9.17) is 4.74 Å². The summed E-state index contributed by atoms with van der Waals surface area (Å²) in [5.41, 5.74) is -0.560. The Balaban J connectivity index is 2.10. The third-order valence-electron chi connectivity index (χ3n) is 6.10. The molecule has 4 aromatic rings. The number of hydrogen-bond acceptors (Lipinski definition) is 6. The summed E-state index contributed by atoms with van der Waals surface area (Å²) in [7, 11) is -1.46. The Labute approximate surface area is 224 Å². The quantitative estimate of drug-likeness (QED) is 0.190. The summed E-state index contributed by atoms with van der Waals surface area (Å²) < 4.78 is 73.3. The molecule has 0 amide bonds. The molecule has 0 fully saturated rings. The van der Waals surface area contributed by atoms with Crippen molar-refractivity contribution in [1.29, 1.82) is 0 Å². The number of aromatic nitrogens is 3. The van der Waals surface area contributed by atoms with E-state index in [1.807, 2.05) is 0 Å². The molecule has 0 saturated carbocycles. The van der Waals surface area contributed by atoms with E-state index in [9.17, 15) is 31.5 Å². The van der Waals surface area contributed by atoms with E-state index in [2.05, 4.69) is 20.9 Å². The number of phenolic OH excluding ortho intramolecular Hbond substituents is 1. The van der Waals surface area contributed by atoms with Crippen LogP contribution in [-0.2, 0) is 34.8 Å². The van der Waals surface area contributed by atoms with E-state index in [0.29, 0.717) is 21.4 Å². The lowest BCUT2D eigenvalue weighted by atomic mass is 10.00. The van der Waals surface area contributed by atoms with Crippen LogP contribution in [0.4, 0.5) is 13.2 Å². The summed E-state index contributed by atoms with van der Waals surface area (Å²) >= 11 is 3.32. The minimum atomic E-state index is -4.62. The number of phenols is 1. The maximum atomic E-state index is 13.3. The first-order chi connectivity index (χ1) is 17.9. The smallest absolute Gasteiger partial charge is 0.416 e. The molecule has 2 aromatic heterocycles. The zero-order chi connectivity index (χ0) is 27.9. The van der Waals surface area contributed by atoms with E-state index < -0.39 is 32.9 Å². The Hall–Kier alpha value is -3.58. The molecule has 8 nitrogen and oxygen atoms in total. The van der Waals surface area contributed by atoms with Gasteiger partial charge in [-0.25, -0.2) is 9.78 Å². The molecule has 0 bridgehead atoms. The second-order valence-electron chi connectivity index (χ2n) is 8.32. The third-order valence-corrected chi connectivity index (χ3v) is 7.47. The van der Waals surface area contributed by atoms with Crippen molar-refractivity contribution in [3.8, 4) is 5.75 Å². The average Bonchev–Trinajstić information content (AvgIpc) is 3.37. The first-order valence-corrected chi connectivity index (χ1v) is 13.0. The predicted octanol–water partition coefficient (Wildman–Crippen LogP) is 4.84. The zero-order valence-corrected chi connectivity index (χ0v) is 22.7. The van der Waals surface area contributed by atoms with Crippen molar-refractivity contribution < 1.29 is 36.2 Å². The first kappa shape index (κ1) is 27.5. The highest BCUT2D eigenvalue weighted by Crippen LogP contribution is 2.40. The van der Waals surface area contributed by atoms with Gasteiger partial charge >= 0.3 is 12.1 Å². The number of halogens is 4. The molecule has 0 aliphatic carbocycles. The topological polar surface area (TPSA) is 103 Å². The fraction of sp³-hybridized carbons (Fsp3) is 0.240. The lowest BCUT2D eigenvalue weighted by Crippen LogP contribution is -2.17. The maximum absolute atomic E-state index is 13.3. The van der Waals surface area contributed by atoms with Crippen molar-refractivity contribution >= 4 is 48.0 Å². The van der Waals surface area contributed by atoms with Crippen molar-refractivity contribution in [3.63, 3.8) is 0 Å². The number of esters is 1. The fourth-order valence-electron chi connectivity index (χ4n) is 4.31. The number of benzene rings is 2. The molecule has 1 N–H and O–H groups in total. The van der Waals surface area contributed by atoms with E-state index in [-0.39, 0.29) is 41.1 Å². The molecule has 2 aromatic carbocycles. The molecular formula is C25H21BrF3N3O5S. The Morgan fingerprint density at radius 3 is 2.39 bits per heavy atom. The third kappa shape index (κ3) is 4.83. The molecular weight excluding hydrogens is 591 g/mol. The van der Waals surface area contributed by atoms with Gasteiger partial charge in [-0.2, -0.15) is 21.6 Å². The van der Waals surface area contributed by atoms with Crippen molar-refractivity contribution in [2.24, 2.45) is 7.05 Å². The van der Waals surface area contributed by atoms with Crippen molar-refractivity contribution in [2.45, 2.75) is 26.6 Å². The van der Waals surface area contributed by atoms with Crippen molar-refractivity contribution in [2.75, 3.05) is 6.61 Å². The van der Waals surface area contributed by atoms with Gasteiger partial charge in [0.2, 0.25) is 10.3 Å². The molecule has 0 aliphatic heterocycles. The number of imidazole rings is 1. The second kappa shape index (κ2) is 10.3. The fourth-order valence-corrected chi connectivity index (χ4v) is 5.49. The Kier molecular flexibility index (Phi) is 7.44. The number of carbonyl (C=O) groups is 1. The average molecular weight is 612 g/mol. The van der Waals surface area contributed by atoms with Crippen LogP contribution in [0.15, 0.2) is 47.2 Å². The van der Waals surface area contributed by atoms with Crippen molar-refractivity contribution in [3.05, 3.63) is 81.0 Å². The Morgan fingerprint density at radius 1 is 1.21 bits per heavy atom. The standard InChI is InChI=1S/C25H21BrF3N3O5S/c1-4-37-24(34)20-19-16(12-32-10-9-30-13(32)2)22(33)17(26)11-18(19)31(3)21(20)23(38(35)36)14-5-7-15(8-6-14)25(27,28)29/h5-11,33H,4,12H2,1-3H3. The van der Waals surface area contributed by atoms with E-state index in [1.165, 1.54) is 17.7 Å². The second-order valence-corrected chi connectivity index (χ2v) is 10.1. The summed E-state index contributed by atoms with van der Waals surface area (Å²) in [5, 5.41) is 11.3. The molecule has 13 heteroatoms. The number of rotatable bonds is 6. The highest BCUT2D eigenvalue weighted by atomic mass is 79.9. The van der Waals surface area contributed by atoms with Gasteiger partial charge in [-0.1, -0.05) is 12.1 Å². The molecule has 0 atom stereocenters. The lowest BCUT2D eigenvalue weighted by Gasteiger charge is -2.13. The largest absolute Gasteiger partial charge is 0.506 e. The van der Waals surface area contributed by atoms with Gasteiger partial charge in [0.15, 0.2) is 0 Å². The van der Waals surface area contributed by atoms with Gasteiger partial charge in [-0.3, -0.25) is 0 Å². The van der Waals surface area contributed by atoms with Crippen LogP contribution in [0.1, 0.15) is 45.5 Å². The molecule has 2 heterocycles. The molecule has 200 valence electrons. The Bertz CT molecular complexity index is 1700. The van der Waals surface area contributed by atoms with Crippen LogP contribution in [0, 0.1) is 6.92 Å². The van der Waals surface area contributed by atoms with Crippen LogP contribution in [0.5, 0.6) is 5.75 Å². The van der Waals surface area contributed by atoms with Gasteiger partial charge in [-0.15, -0.1) is 0 Å². The van der Waals surface area contributed by atoms with Gasteiger partial charge < -0.3 is 19.0 Å². The minimum absolute atomic E-state index is 0.0246. The number of fused-ring (bicyclic) bond motifs is 1. The highest BCUT2D eigenvalue weighted by Gasteiger charge is 2.33. The molecule has 0 unspecified atom stereocenters. The SMILES string of the molecule is CCOC(=O)c1c(C(c2ccc(C(F)(F)F)cc2)=S(=O)=O)n(C)c2cc(Br)c(O)c(Cn3ccnc3C)c12. The van der Waals surface area contributed by atoms with Gasteiger partial charge in [0, 0.05) is 30.4 Å². The monoisotopic (exact) mass is 611 g/mol. The van der Waals surface area contributed by atoms with Crippen LogP contribution < -0.4 is 0 Å². The number of carbonyl (C=O) groups excluding carboxylic acids is 1. The molecule has 0 saturated heterocycles.